The third-order valence-corrected chi connectivity index (χ3v) is 2.44. The summed E-state index contributed by atoms with van der Waals surface area (Å²) < 4.78 is 5.77. The molecule has 4 heteroatoms. The van der Waals surface area contributed by atoms with Gasteiger partial charge in [-0.1, -0.05) is 0 Å². The Hall–Kier alpha value is -1.29. The minimum atomic E-state index is 0.169. The van der Waals surface area contributed by atoms with Gasteiger partial charge in [0.25, 0.3) is 0 Å². The van der Waals surface area contributed by atoms with Crippen LogP contribution in [0.4, 0.5) is 5.82 Å². The molecule has 2 heterocycles. The van der Waals surface area contributed by atoms with E-state index in [4.69, 9.17) is 4.74 Å². The Kier molecular flexibility index (Phi) is 3.29. The van der Waals surface area contributed by atoms with E-state index in [9.17, 15) is 0 Å². The minimum absolute atomic E-state index is 0.169. The van der Waals surface area contributed by atoms with Crippen molar-refractivity contribution in [2.24, 2.45) is 0 Å². The molecule has 0 bridgehead atoms. The first-order valence-electron chi connectivity index (χ1n) is 5.79. The topological polar surface area (TPSA) is 46.2 Å². The third-order valence-electron chi connectivity index (χ3n) is 2.44. The maximum absolute atomic E-state index is 5.77. The maximum atomic E-state index is 5.77. The van der Waals surface area contributed by atoms with Crippen molar-refractivity contribution in [1.82, 2.24) is 10.3 Å². The Labute approximate surface area is 96.4 Å². The van der Waals surface area contributed by atoms with Crippen LogP contribution in [-0.2, 0) is 6.54 Å². The summed E-state index contributed by atoms with van der Waals surface area (Å²) in [7, 11) is 0. The van der Waals surface area contributed by atoms with Gasteiger partial charge in [-0.25, -0.2) is 0 Å². The minimum Gasteiger partial charge on any atom is -0.473 e. The van der Waals surface area contributed by atoms with E-state index in [1.165, 1.54) is 0 Å². The number of anilines is 1. The summed E-state index contributed by atoms with van der Waals surface area (Å²) in [6.45, 7) is 7.93. The molecule has 0 aliphatic carbocycles. The second-order valence-electron chi connectivity index (χ2n) is 4.52. The fourth-order valence-electron chi connectivity index (χ4n) is 1.72. The predicted octanol–water partition coefficient (Wildman–Crippen LogP) is 1.77. The van der Waals surface area contributed by atoms with Crippen molar-refractivity contribution in [3.8, 4) is 5.88 Å². The fraction of sp³-hybridized carbons (Fsp3) is 0.583. The molecule has 0 saturated carbocycles. The van der Waals surface area contributed by atoms with Crippen molar-refractivity contribution in [1.29, 1.82) is 0 Å². The lowest BCUT2D eigenvalue weighted by atomic mass is 10.2. The van der Waals surface area contributed by atoms with Crippen molar-refractivity contribution in [3.63, 3.8) is 0 Å². The van der Waals surface area contributed by atoms with Gasteiger partial charge in [0.15, 0.2) is 0 Å². The van der Waals surface area contributed by atoms with Gasteiger partial charge in [0.05, 0.1) is 0 Å². The van der Waals surface area contributed by atoms with Crippen molar-refractivity contribution in [3.05, 3.63) is 17.7 Å². The van der Waals surface area contributed by atoms with Gasteiger partial charge in [0.2, 0.25) is 5.88 Å². The van der Waals surface area contributed by atoms with E-state index in [-0.39, 0.29) is 6.10 Å². The number of ether oxygens (including phenoxy) is 1. The average Bonchev–Trinajstić information content (AvgIpc) is 2.37. The highest BCUT2D eigenvalue weighted by atomic mass is 16.5. The molecule has 0 saturated heterocycles. The number of hydrogen-bond acceptors (Lipinski definition) is 4. The Morgan fingerprint density at radius 1 is 1.50 bits per heavy atom. The Morgan fingerprint density at radius 2 is 2.31 bits per heavy atom. The van der Waals surface area contributed by atoms with Crippen LogP contribution in [-0.4, -0.2) is 23.7 Å². The van der Waals surface area contributed by atoms with Crippen LogP contribution in [0, 0.1) is 0 Å². The van der Waals surface area contributed by atoms with E-state index in [2.05, 4.69) is 35.5 Å². The molecular weight excluding hydrogens is 202 g/mol. The second-order valence-corrected chi connectivity index (χ2v) is 4.52. The van der Waals surface area contributed by atoms with Crippen LogP contribution in [0.1, 0.15) is 26.3 Å². The average molecular weight is 221 g/mol. The van der Waals surface area contributed by atoms with Gasteiger partial charge in [-0.05, 0) is 32.9 Å². The van der Waals surface area contributed by atoms with Crippen LogP contribution in [0.2, 0.25) is 0 Å². The molecule has 2 N–H and O–H groups in total. The van der Waals surface area contributed by atoms with Crippen LogP contribution in [0.25, 0.3) is 0 Å². The molecule has 0 amide bonds. The van der Waals surface area contributed by atoms with E-state index in [0.717, 1.165) is 30.4 Å². The summed E-state index contributed by atoms with van der Waals surface area (Å²) >= 11 is 0. The summed E-state index contributed by atoms with van der Waals surface area (Å²) in [5, 5.41) is 6.61. The lowest BCUT2D eigenvalue weighted by molar-refractivity contribution is 0.218. The van der Waals surface area contributed by atoms with E-state index in [0.29, 0.717) is 6.04 Å². The van der Waals surface area contributed by atoms with Crippen molar-refractivity contribution in [2.75, 3.05) is 11.9 Å². The summed E-state index contributed by atoms with van der Waals surface area (Å²) in [6.07, 6.45) is 0.169. The van der Waals surface area contributed by atoms with Crippen LogP contribution >= 0.6 is 0 Å². The molecule has 2 rings (SSSR count). The molecule has 1 aliphatic heterocycles. The number of nitrogens with one attached hydrogen (secondary N) is 2. The largest absolute Gasteiger partial charge is 0.473 e. The molecule has 1 aromatic rings. The van der Waals surface area contributed by atoms with Gasteiger partial charge >= 0.3 is 0 Å². The zero-order chi connectivity index (χ0) is 11.5. The number of fused-ring (bicyclic) bond motifs is 1. The summed E-state index contributed by atoms with van der Waals surface area (Å²) in [4.78, 5) is 4.49. The molecule has 1 unspecified atom stereocenters. The van der Waals surface area contributed by atoms with E-state index in [1.807, 2.05) is 13.0 Å². The predicted molar refractivity (Wildman–Crippen MR) is 64.8 cm³/mol. The number of hydrogen-bond donors (Lipinski definition) is 2. The Balaban J connectivity index is 2.22. The monoisotopic (exact) mass is 221 g/mol. The van der Waals surface area contributed by atoms with Gasteiger partial charge in [-0.15, -0.1) is 0 Å². The molecule has 4 nitrogen and oxygen atoms in total. The number of aromatic nitrogens is 1. The molecule has 0 fully saturated rings. The van der Waals surface area contributed by atoms with Gasteiger partial charge < -0.3 is 15.4 Å². The highest BCUT2D eigenvalue weighted by molar-refractivity contribution is 5.42. The zero-order valence-electron chi connectivity index (χ0n) is 10.1. The standard InChI is InChI=1S/C12H19N3O/c1-8(2)14-11-5-4-10-7-13-6-9(3)16-12(10)15-11/h4-5,8-9,13H,6-7H2,1-3H3,(H,14,15). The molecule has 0 aromatic carbocycles. The lowest BCUT2D eigenvalue weighted by Gasteiger charge is -2.14. The maximum Gasteiger partial charge on any atom is 0.220 e. The summed E-state index contributed by atoms with van der Waals surface area (Å²) in [5.41, 5.74) is 1.12. The van der Waals surface area contributed by atoms with Gasteiger partial charge in [-0.3, -0.25) is 0 Å². The Bertz CT molecular complexity index is 365. The number of nitrogens with zero attached hydrogens (tertiary/aromatic N) is 1. The molecule has 0 spiro atoms. The van der Waals surface area contributed by atoms with Gasteiger partial charge in [-0.2, -0.15) is 4.98 Å². The van der Waals surface area contributed by atoms with E-state index >= 15 is 0 Å². The van der Waals surface area contributed by atoms with Crippen molar-refractivity contribution in [2.45, 2.75) is 39.5 Å². The highest BCUT2D eigenvalue weighted by Gasteiger charge is 2.15. The first-order valence-corrected chi connectivity index (χ1v) is 5.79. The first-order chi connectivity index (χ1) is 7.65. The van der Waals surface area contributed by atoms with Gasteiger partial charge in [0, 0.05) is 24.7 Å². The molecule has 16 heavy (non-hydrogen) atoms. The lowest BCUT2D eigenvalue weighted by Crippen LogP contribution is -2.25. The molecule has 88 valence electrons. The molecular formula is C12H19N3O. The third kappa shape index (κ3) is 2.64. The zero-order valence-corrected chi connectivity index (χ0v) is 10.1. The first kappa shape index (κ1) is 11.2. The molecule has 1 aromatic heterocycles. The Morgan fingerprint density at radius 3 is 3.06 bits per heavy atom. The van der Waals surface area contributed by atoms with Gasteiger partial charge in [0.1, 0.15) is 11.9 Å². The summed E-state index contributed by atoms with van der Waals surface area (Å²) in [6, 6.07) is 4.45. The van der Waals surface area contributed by atoms with E-state index < -0.39 is 0 Å². The normalized spacial score (nSPS) is 19.9. The molecule has 1 atom stereocenters. The molecule has 0 radical (unpaired) electrons. The van der Waals surface area contributed by atoms with Crippen LogP contribution in [0.15, 0.2) is 12.1 Å². The highest BCUT2D eigenvalue weighted by Crippen LogP contribution is 2.22. The number of pyridine rings is 1. The fourth-order valence-corrected chi connectivity index (χ4v) is 1.72. The smallest absolute Gasteiger partial charge is 0.220 e. The SMILES string of the molecule is CC(C)Nc1ccc2c(n1)OC(C)CNC2. The van der Waals surface area contributed by atoms with E-state index in [1.54, 1.807) is 0 Å². The van der Waals surface area contributed by atoms with Crippen molar-refractivity contribution >= 4 is 5.82 Å². The number of rotatable bonds is 2. The quantitative estimate of drug-likeness (QED) is 0.799. The van der Waals surface area contributed by atoms with Crippen LogP contribution in [0.5, 0.6) is 5.88 Å². The second kappa shape index (κ2) is 4.70. The van der Waals surface area contributed by atoms with Crippen LogP contribution < -0.4 is 15.4 Å². The summed E-state index contributed by atoms with van der Waals surface area (Å²) in [5.74, 6) is 1.63. The van der Waals surface area contributed by atoms with Crippen LogP contribution in [0.3, 0.4) is 0 Å². The van der Waals surface area contributed by atoms with Crippen molar-refractivity contribution < 1.29 is 4.74 Å². The molecule has 1 aliphatic rings.